The Labute approximate surface area is 173 Å². The van der Waals surface area contributed by atoms with E-state index in [-0.39, 0.29) is 16.5 Å². The molecule has 1 atom stereocenters. The summed E-state index contributed by atoms with van der Waals surface area (Å²) >= 11 is 10.5. The molecule has 1 aliphatic rings. The standard InChI is InChI=1S/C19H13BrClN3O2S/c20-12-4-6-14(7-5-12)24-18(26)16(9-11-2-1-3-13(21)8-11)27-19(24)15(10-22)17(23)25/h1-8,16H,9H2,(H2,23,25)/b19-15-/t16-/m0/s1. The van der Waals surface area contributed by atoms with Gasteiger partial charge in [-0.05, 0) is 48.4 Å². The van der Waals surface area contributed by atoms with Gasteiger partial charge in [0.1, 0.15) is 16.7 Å². The van der Waals surface area contributed by atoms with Crippen molar-refractivity contribution >= 4 is 56.8 Å². The Kier molecular flexibility index (Phi) is 5.90. The zero-order valence-electron chi connectivity index (χ0n) is 13.9. The van der Waals surface area contributed by atoms with Gasteiger partial charge in [-0.2, -0.15) is 5.26 Å². The SMILES string of the molecule is N#C/C(C(N)=O)=C1/S[C@@H](Cc2cccc(Cl)c2)C(=O)N1c1ccc(Br)cc1. The second-order valence-electron chi connectivity index (χ2n) is 5.75. The van der Waals surface area contributed by atoms with Gasteiger partial charge in [0.25, 0.3) is 5.91 Å². The molecule has 2 amide bonds. The second kappa shape index (κ2) is 8.17. The molecule has 8 heteroatoms. The monoisotopic (exact) mass is 461 g/mol. The van der Waals surface area contributed by atoms with Gasteiger partial charge in [-0.15, -0.1) is 0 Å². The van der Waals surface area contributed by atoms with E-state index < -0.39 is 11.2 Å². The Morgan fingerprint density at radius 1 is 1.30 bits per heavy atom. The number of thioether (sulfide) groups is 1. The number of amides is 2. The maximum atomic E-state index is 13.1. The predicted molar refractivity (Wildman–Crippen MR) is 110 cm³/mol. The summed E-state index contributed by atoms with van der Waals surface area (Å²) in [6.07, 6.45) is 0.415. The molecule has 27 heavy (non-hydrogen) atoms. The van der Waals surface area contributed by atoms with Gasteiger partial charge in [-0.1, -0.05) is 51.4 Å². The van der Waals surface area contributed by atoms with E-state index in [1.165, 1.54) is 16.7 Å². The number of hydrogen-bond acceptors (Lipinski definition) is 4. The van der Waals surface area contributed by atoms with Crippen LogP contribution in [0.25, 0.3) is 0 Å². The van der Waals surface area contributed by atoms with E-state index in [1.54, 1.807) is 36.4 Å². The molecule has 0 spiro atoms. The first-order chi connectivity index (χ1) is 12.9. The topological polar surface area (TPSA) is 87.2 Å². The van der Waals surface area contributed by atoms with E-state index in [2.05, 4.69) is 15.9 Å². The summed E-state index contributed by atoms with van der Waals surface area (Å²) in [5.41, 5.74) is 6.58. The summed E-state index contributed by atoms with van der Waals surface area (Å²) in [7, 11) is 0. The average molecular weight is 463 g/mol. The largest absolute Gasteiger partial charge is 0.365 e. The fourth-order valence-electron chi connectivity index (χ4n) is 2.70. The van der Waals surface area contributed by atoms with Crippen molar-refractivity contribution in [3.05, 3.63) is 74.2 Å². The Hall–Kier alpha value is -2.27. The summed E-state index contributed by atoms with van der Waals surface area (Å²) in [6, 6.07) is 16.1. The Morgan fingerprint density at radius 3 is 2.59 bits per heavy atom. The van der Waals surface area contributed by atoms with Crippen LogP contribution in [0.4, 0.5) is 5.69 Å². The number of primary amides is 1. The van der Waals surface area contributed by atoms with E-state index in [1.807, 2.05) is 18.2 Å². The molecular formula is C19H13BrClN3O2S. The Morgan fingerprint density at radius 2 is 2.00 bits per heavy atom. The summed E-state index contributed by atoms with van der Waals surface area (Å²) in [5.74, 6) is -1.08. The molecule has 0 radical (unpaired) electrons. The lowest BCUT2D eigenvalue weighted by Crippen LogP contribution is -2.31. The molecule has 1 saturated heterocycles. The van der Waals surface area contributed by atoms with Crippen molar-refractivity contribution in [2.75, 3.05) is 4.90 Å². The minimum Gasteiger partial charge on any atom is -0.365 e. The van der Waals surface area contributed by atoms with Gasteiger partial charge in [-0.25, -0.2) is 0 Å². The van der Waals surface area contributed by atoms with Crippen molar-refractivity contribution in [1.29, 1.82) is 5.26 Å². The van der Waals surface area contributed by atoms with E-state index in [9.17, 15) is 14.9 Å². The smallest absolute Gasteiger partial charge is 0.262 e. The van der Waals surface area contributed by atoms with Crippen LogP contribution in [0.3, 0.4) is 0 Å². The van der Waals surface area contributed by atoms with Crippen LogP contribution in [0.5, 0.6) is 0 Å². The van der Waals surface area contributed by atoms with Crippen molar-refractivity contribution in [3.63, 3.8) is 0 Å². The molecule has 0 bridgehead atoms. The van der Waals surface area contributed by atoms with Gasteiger partial charge in [0, 0.05) is 15.2 Å². The maximum absolute atomic E-state index is 13.1. The van der Waals surface area contributed by atoms with Gasteiger partial charge >= 0.3 is 0 Å². The van der Waals surface area contributed by atoms with Crippen LogP contribution in [0.2, 0.25) is 5.02 Å². The third kappa shape index (κ3) is 4.19. The third-order valence-electron chi connectivity index (χ3n) is 3.92. The molecule has 1 fully saturated rings. The third-order valence-corrected chi connectivity index (χ3v) is 5.95. The summed E-state index contributed by atoms with van der Waals surface area (Å²) in [4.78, 5) is 26.2. The number of carbonyl (C=O) groups is 2. The van der Waals surface area contributed by atoms with Crippen LogP contribution in [-0.2, 0) is 16.0 Å². The molecule has 1 heterocycles. The number of nitrogens with zero attached hydrogens (tertiary/aromatic N) is 2. The molecule has 0 saturated carbocycles. The van der Waals surface area contributed by atoms with Crippen LogP contribution in [0, 0.1) is 11.3 Å². The molecule has 0 unspecified atom stereocenters. The lowest BCUT2D eigenvalue weighted by Gasteiger charge is -2.18. The van der Waals surface area contributed by atoms with Gasteiger partial charge in [0.15, 0.2) is 0 Å². The number of carbonyl (C=O) groups excluding carboxylic acids is 2. The van der Waals surface area contributed by atoms with Gasteiger partial charge < -0.3 is 5.73 Å². The minimum absolute atomic E-state index is 0.216. The molecule has 0 aliphatic carbocycles. The zero-order valence-corrected chi connectivity index (χ0v) is 17.0. The second-order valence-corrected chi connectivity index (χ2v) is 8.29. The number of rotatable bonds is 4. The van der Waals surface area contributed by atoms with E-state index in [4.69, 9.17) is 17.3 Å². The van der Waals surface area contributed by atoms with Crippen LogP contribution in [0.1, 0.15) is 5.56 Å². The molecular weight excluding hydrogens is 450 g/mol. The van der Waals surface area contributed by atoms with Crippen LogP contribution >= 0.6 is 39.3 Å². The lowest BCUT2D eigenvalue weighted by molar-refractivity contribution is -0.117. The normalized spacial score (nSPS) is 18.3. The highest BCUT2D eigenvalue weighted by Crippen LogP contribution is 2.42. The zero-order chi connectivity index (χ0) is 19.6. The first-order valence-electron chi connectivity index (χ1n) is 7.85. The number of hydrogen-bond donors (Lipinski definition) is 1. The molecule has 136 valence electrons. The van der Waals surface area contributed by atoms with Crippen molar-refractivity contribution in [2.24, 2.45) is 5.73 Å². The molecule has 2 aromatic carbocycles. The minimum atomic E-state index is -0.863. The molecule has 0 aromatic heterocycles. The van der Waals surface area contributed by atoms with Gasteiger partial charge in [0.05, 0.1) is 5.25 Å². The van der Waals surface area contributed by atoms with Crippen molar-refractivity contribution < 1.29 is 9.59 Å². The molecule has 2 aromatic rings. The number of halogens is 2. The average Bonchev–Trinajstić information content (AvgIpc) is 2.92. The first kappa shape index (κ1) is 19.5. The lowest BCUT2D eigenvalue weighted by atomic mass is 10.1. The van der Waals surface area contributed by atoms with E-state index in [0.29, 0.717) is 17.1 Å². The highest BCUT2D eigenvalue weighted by Gasteiger charge is 2.40. The molecule has 5 nitrogen and oxygen atoms in total. The first-order valence-corrected chi connectivity index (χ1v) is 9.90. The molecule has 3 rings (SSSR count). The highest BCUT2D eigenvalue weighted by atomic mass is 79.9. The molecule has 2 N–H and O–H groups in total. The van der Waals surface area contributed by atoms with Crippen LogP contribution < -0.4 is 10.6 Å². The van der Waals surface area contributed by atoms with Gasteiger partial charge in [0.2, 0.25) is 5.91 Å². The number of benzene rings is 2. The van der Waals surface area contributed by atoms with E-state index >= 15 is 0 Å². The van der Waals surface area contributed by atoms with Crippen LogP contribution in [0.15, 0.2) is 63.6 Å². The van der Waals surface area contributed by atoms with Crippen molar-refractivity contribution in [1.82, 2.24) is 0 Å². The number of nitriles is 1. The van der Waals surface area contributed by atoms with Crippen molar-refractivity contribution in [2.45, 2.75) is 11.7 Å². The number of nitrogens with two attached hydrogens (primary N) is 1. The Balaban J connectivity index is 2.03. The Bertz CT molecular complexity index is 985. The summed E-state index contributed by atoms with van der Waals surface area (Å²) < 4.78 is 0.849. The fraction of sp³-hybridized carbons (Fsp3) is 0.105. The maximum Gasteiger partial charge on any atom is 0.262 e. The van der Waals surface area contributed by atoms with Gasteiger partial charge in [-0.3, -0.25) is 14.5 Å². The van der Waals surface area contributed by atoms with Crippen LogP contribution in [-0.4, -0.2) is 17.1 Å². The number of anilines is 1. The quantitative estimate of drug-likeness (QED) is 0.549. The molecule has 1 aliphatic heterocycles. The van der Waals surface area contributed by atoms with E-state index in [0.717, 1.165) is 10.0 Å². The summed E-state index contributed by atoms with van der Waals surface area (Å²) in [6.45, 7) is 0. The predicted octanol–water partition coefficient (Wildman–Crippen LogP) is 4.01. The van der Waals surface area contributed by atoms with Crippen molar-refractivity contribution in [3.8, 4) is 6.07 Å². The summed E-state index contributed by atoms with van der Waals surface area (Å²) in [5, 5.41) is 9.72. The highest BCUT2D eigenvalue weighted by molar-refractivity contribution is 9.10. The fourth-order valence-corrected chi connectivity index (χ4v) is 4.50.